The molecule has 0 aliphatic rings. The molecule has 17 heavy (non-hydrogen) atoms. The fourth-order valence-electron chi connectivity index (χ4n) is 2.07. The van der Waals surface area contributed by atoms with E-state index in [0.29, 0.717) is 5.78 Å². The van der Waals surface area contributed by atoms with E-state index in [0.717, 1.165) is 24.1 Å². The summed E-state index contributed by atoms with van der Waals surface area (Å²) < 4.78 is 1.25. The maximum absolute atomic E-state index is 12.4. The largest absolute Gasteiger partial charge is 0.293 e. The van der Waals surface area contributed by atoms with Crippen molar-refractivity contribution < 1.29 is 4.79 Å². The van der Waals surface area contributed by atoms with Gasteiger partial charge < -0.3 is 0 Å². The van der Waals surface area contributed by atoms with Gasteiger partial charge in [0.25, 0.3) is 0 Å². The van der Waals surface area contributed by atoms with Crippen LogP contribution in [0.2, 0.25) is 0 Å². The molecule has 0 aliphatic carbocycles. The average Bonchev–Trinajstić information content (AvgIpc) is 2.89. The summed E-state index contributed by atoms with van der Waals surface area (Å²) in [6.07, 6.45) is 4.33. The second-order valence-corrected chi connectivity index (χ2v) is 6.24. The van der Waals surface area contributed by atoms with Crippen molar-refractivity contribution >= 4 is 38.5 Å². The molecule has 1 unspecified atom stereocenters. The molecule has 0 saturated carbocycles. The quantitative estimate of drug-likeness (QED) is 0.643. The van der Waals surface area contributed by atoms with E-state index in [4.69, 9.17) is 0 Å². The van der Waals surface area contributed by atoms with Gasteiger partial charge in [-0.1, -0.05) is 26.7 Å². The van der Waals surface area contributed by atoms with Crippen molar-refractivity contribution in [2.45, 2.75) is 39.5 Å². The molecule has 2 aromatic rings. The zero-order valence-corrected chi connectivity index (χ0v) is 12.0. The number of hydrogen-bond donors (Lipinski definition) is 0. The molecule has 92 valence electrons. The van der Waals surface area contributed by atoms with E-state index >= 15 is 0 Å². The van der Waals surface area contributed by atoms with Crippen molar-refractivity contribution in [3.63, 3.8) is 0 Å². The van der Waals surface area contributed by atoms with Crippen molar-refractivity contribution in [1.82, 2.24) is 0 Å². The van der Waals surface area contributed by atoms with Crippen LogP contribution in [-0.4, -0.2) is 5.78 Å². The molecule has 0 saturated heterocycles. The molecule has 2 aromatic heterocycles. The van der Waals surface area contributed by atoms with Crippen molar-refractivity contribution in [2.75, 3.05) is 0 Å². The lowest BCUT2D eigenvalue weighted by molar-refractivity contribution is 0.0912. The topological polar surface area (TPSA) is 17.1 Å². The first-order valence-electron chi connectivity index (χ1n) is 6.26. The Morgan fingerprint density at radius 2 is 2.18 bits per heavy atom. The lowest BCUT2D eigenvalue weighted by Gasteiger charge is -2.11. The molecule has 0 spiro atoms. The van der Waals surface area contributed by atoms with Crippen LogP contribution in [-0.2, 0) is 0 Å². The molecule has 0 aliphatic heterocycles. The first-order chi connectivity index (χ1) is 8.26. The van der Waals surface area contributed by atoms with E-state index < -0.39 is 0 Å². The summed E-state index contributed by atoms with van der Waals surface area (Å²) in [6, 6.07) is 2.06. The highest BCUT2D eigenvalue weighted by molar-refractivity contribution is 7.24. The molecular formula is C14H18OS2. The van der Waals surface area contributed by atoms with Gasteiger partial charge in [0, 0.05) is 21.4 Å². The SMILES string of the molecule is CCCCC(CC)C(=O)c1cc2cscc2s1. The van der Waals surface area contributed by atoms with Gasteiger partial charge in [-0.25, -0.2) is 0 Å². The predicted octanol–water partition coefficient (Wildman–Crippen LogP) is 5.36. The van der Waals surface area contributed by atoms with Crippen LogP contribution in [0.5, 0.6) is 0 Å². The number of carbonyl (C=O) groups excluding carboxylic acids is 1. The second-order valence-electron chi connectivity index (χ2n) is 4.41. The first-order valence-corrected chi connectivity index (χ1v) is 8.02. The van der Waals surface area contributed by atoms with Gasteiger partial charge in [0.05, 0.1) is 4.88 Å². The van der Waals surface area contributed by atoms with Crippen molar-refractivity contribution in [3.05, 3.63) is 21.7 Å². The smallest absolute Gasteiger partial charge is 0.175 e. The maximum Gasteiger partial charge on any atom is 0.175 e. The van der Waals surface area contributed by atoms with Crippen LogP contribution in [0.25, 0.3) is 10.1 Å². The molecule has 2 rings (SSSR count). The molecular weight excluding hydrogens is 248 g/mol. The summed E-state index contributed by atoms with van der Waals surface area (Å²) >= 11 is 3.36. The lowest BCUT2D eigenvalue weighted by Crippen LogP contribution is -2.12. The van der Waals surface area contributed by atoms with Gasteiger partial charge in [0.1, 0.15) is 0 Å². The average molecular weight is 266 g/mol. The van der Waals surface area contributed by atoms with Crippen molar-refractivity contribution in [3.8, 4) is 0 Å². The standard InChI is InChI=1S/C14H18OS2/c1-3-5-6-10(4-2)14(15)12-7-11-8-16-9-13(11)17-12/h7-10H,3-6H2,1-2H3. The molecule has 0 radical (unpaired) electrons. The Morgan fingerprint density at radius 1 is 1.35 bits per heavy atom. The van der Waals surface area contributed by atoms with E-state index in [2.05, 4.69) is 30.7 Å². The van der Waals surface area contributed by atoms with Crippen LogP contribution in [0, 0.1) is 5.92 Å². The molecule has 0 aromatic carbocycles. The molecule has 1 nitrogen and oxygen atoms in total. The lowest BCUT2D eigenvalue weighted by atomic mass is 9.94. The highest BCUT2D eigenvalue weighted by Gasteiger charge is 2.19. The van der Waals surface area contributed by atoms with Gasteiger partial charge in [-0.3, -0.25) is 4.79 Å². The van der Waals surface area contributed by atoms with Crippen molar-refractivity contribution in [1.29, 1.82) is 0 Å². The zero-order chi connectivity index (χ0) is 12.3. The van der Waals surface area contributed by atoms with Gasteiger partial charge in [0.15, 0.2) is 5.78 Å². The number of Topliss-reactive ketones (excluding diaryl/α,β-unsaturated/α-hetero) is 1. The van der Waals surface area contributed by atoms with Crippen molar-refractivity contribution in [2.24, 2.45) is 5.92 Å². The summed E-state index contributed by atoms with van der Waals surface area (Å²) in [5, 5.41) is 5.48. The van der Waals surface area contributed by atoms with E-state index in [9.17, 15) is 4.79 Å². The van der Waals surface area contributed by atoms with Gasteiger partial charge in [0.2, 0.25) is 0 Å². The van der Waals surface area contributed by atoms with E-state index in [-0.39, 0.29) is 5.92 Å². The summed E-state index contributed by atoms with van der Waals surface area (Å²) in [6.45, 7) is 4.30. The van der Waals surface area contributed by atoms with Crippen LogP contribution in [0.3, 0.4) is 0 Å². The Hall–Kier alpha value is -0.670. The van der Waals surface area contributed by atoms with Gasteiger partial charge >= 0.3 is 0 Å². The normalized spacial score (nSPS) is 13.1. The van der Waals surface area contributed by atoms with Crippen LogP contribution in [0.1, 0.15) is 49.2 Å². The van der Waals surface area contributed by atoms with Gasteiger partial charge in [-0.2, -0.15) is 11.3 Å². The maximum atomic E-state index is 12.4. The fraction of sp³-hybridized carbons (Fsp3) is 0.500. The number of unbranched alkanes of at least 4 members (excludes halogenated alkanes) is 1. The van der Waals surface area contributed by atoms with Gasteiger partial charge in [-0.15, -0.1) is 11.3 Å². The zero-order valence-electron chi connectivity index (χ0n) is 10.4. The molecule has 1 atom stereocenters. The van der Waals surface area contributed by atoms with Crippen LogP contribution >= 0.6 is 22.7 Å². The third-order valence-electron chi connectivity index (χ3n) is 3.17. The fourth-order valence-corrected chi connectivity index (χ4v) is 4.10. The molecule has 0 amide bonds. The Labute approximate surface area is 110 Å². The Morgan fingerprint density at radius 3 is 2.82 bits per heavy atom. The Balaban J connectivity index is 2.14. The second kappa shape index (κ2) is 5.78. The van der Waals surface area contributed by atoms with E-state index in [1.165, 1.54) is 16.5 Å². The molecule has 3 heteroatoms. The molecule has 2 heterocycles. The summed E-state index contributed by atoms with van der Waals surface area (Å²) in [5.74, 6) is 0.577. The van der Waals surface area contributed by atoms with E-state index in [1.54, 1.807) is 22.7 Å². The minimum Gasteiger partial charge on any atom is -0.293 e. The number of carbonyl (C=O) groups is 1. The van der Waals surface area contributed by atoms with Gasteiger partial charge in [-0.05, 0) is 24.3 Å². The molecule has 0 bridgehead atoms. The van der Waals surface area contributed by atoms with E-state index in [1.807, 2.05) is 0 Å². The first kappa shape index (κ1) is 12.8. The predicted molar refractivity (Wildman–Crippen MR) is 77.3 cm³/mol. The van der Waals surface area contributed by atoms with Crippen LogP contribution in [0.15, 0.2) is 16.8 Å². The number of fused-ring (bicyclic) bond motifs is 1. The molecule has 0 fully saturated rings. The highest BCUT2D eigenvalue weighted by Crippen LogP contribution is 2.31. The minimum atomic E-state index is 0.223. The highest BCUT2D eigenvalue weighted by atomic mass is 32.1. The third-order valence-corrected chi connectivity index (χ3v) is 5.20. The summed E-state index contributed by atoms with van der Waals surface area (Å²) in [7, 11) is 0. The monoisotopic (exact) mass is 266 g/mol. The molecule has 0 N–H and O–H groups in total. The number of hydrogen-bond acceptors (Lipinski definition) is 3. The number of rotatable bonds is 6. The Kier molecular flexibility index (Phi) is 4.35. The summed E-state index contributed by atoms with van der Waals surface area (Å²) in [5.41, 5.74) is 0. The third kappa shape index (κ3) is 2.78. The van der Waals surface area contributed by atoms with Crippen LogP contribution in [0.4, 0.5) is 0 Å². The Bertz CT molecular complexity index is 467. The number of thiophene rings is 2. The van der Waals surface area contributed by atoms with Crippen LogP contribution < -0.4 is 0 Å². The number of ketones is 1. The summed E-state index contributed by atoms with van der Waals surface area (Å²) in [4.78, 5) is 13.3. The minimum absolute atomic E-state index is 0.223.